The lowest BCUT2D eigenvalue weighted by atomic mass is 10.1. The van der Waals surface area contributed by atoms with Gasteiger partial charge in [-0.2, -0.15) is 4.68 Å². The average molecular weight is 271 g/mol. The zero-order valence-electron chi connectivity index (χ0n) is 9.99. The molecule has 0 saturated carbocycles. The van der Waals surface area contributed by atoms with Crippen LogP contribution < -0.4 is 5.73 Å². The highest BCUT2D eigenvalue weighted by atomic mass is 35.5. The van der Waals surface area contributed by atoms with Crippen molar-refractivity contribution in [2.45, 2.75) is 0 Å². The lowest BCUT2D eigenvalue weighted by molar-refractivity contribution is 0.810. The summed E-state index contributed by atoms with van der Waals surface area (Å²) in [5.41, 5.74) is 8.51. The summed E-state index contributed by atoms with van der Waals surface area (Å²) in [5.74, 6) is 0.494. The van der Waals surface area contributed by atoms with Crippen LogP contribution >= 0.6 is 11.6 Å². The van der Waals surface area contributed by atoms with Gasteiger partial charge in [-0.3, -0.25) is 0 Å². The van der Waals surface area contributed by atoms with Gasteiger partial charge in [-0.25, -0.2) is 0 Å². The van der Waals surface area contributed by atoms with Crippen molar-refractivity contribution in [2.24, 2.45) is 0 Å². The molecule has 3 rings (SSSR count). The number of aromatic nitrogens is 3. The minimum Gasteiger partial charge on any atom is -0.382 e. The van der Waals surface area contributed by atoms with Crippen molar-refractivity contribution >= 4 is 17.4 Å². The summed E-state index contributed by atoms with van der Waals surface area (Å²) in [4.78, 5) is 0. The van der Waals surface area contributed by atoms with Crippen molar-refractivity contribution in [1.82, 2.24) is 15.0 Å². The Morgan fingerprint density at radius 3 is 2.53 bits per heavy atom. The summed E-state index contributed by atoms with van der Waals surface area (Å²) in [6, 6.07) is 17.0. The van der Waals surface area contributed by atoms with Crippen LogP contribution in [-0.2, 0) is 0 Å². The monoisotopic (exact) mass is 270 g/mol. The molecule has 19 heavy (non-hydrogen) atoms. The molecule has 0 atom stereocenters. The van der Waals surface area contributed by atoms with Crippen LogP contribution in [0.2, 0.25) is 5.02 Å². The van der Waals surface area contributed by atoms with Gasteiger partial charge in [0.25, 0.3) is 0 Å². The van der Waals surface area contributed by atoms with E-state index in [1.807, 2.05) is 42.5 Å². The first-order chi connectivity index (χ1) is 9.25. The van der Waals surface area contributed by atoms with Crippen molar-refractivity contribution in [1.29, 1.82) is 0 Å². The molecule has 2 aromatic carbocycles. The predicted molar refractivity (Wildman–Crippen MR) is 76.2 cm³/mol. The molecular weight excluding hydrogens is 260 g/mol. The predicted octanol–water partition coefficient (Wildman–Crippen LogP) is 3.17. The molecule has 0 aliphatic rings. The van der Waals surface area contributed by atoms with E-state index < -0.39 is 0 Å². The SMILES string of the molecule is Nc1c(-c2ccccc2)nnn1-c1cccc(Cl)c1. The van der Waals surface area contributed by atoms with Crippen molar-refractivity contribution in [3.63, 3.8) is 0 Å². The van der Waals surface area contributed by atoms with Crippen LogP contribution in [0.5, 0.6) is 0 Å². The number of nitrogens with zero attached hydrogens (tertiary/aromatic N) is 3. The highest BCUT2D eigenvalue weighted by Crippen LogP contribution is 2.25. The van der Waals surface area contributed by atoms with E-state index in [9.17, 15) is 0 Å². The third kappa shape index (κ3) is 2.18. The molecule has 4 nitrogen and oxygen atoms in total. The quantitative estimate of drug-likeness (QED) is 0.778. The van der Waals surface area contributed by atoms with Gasteiger partial charge in [-0.05, 0) is 18.2 Å². The van der Waals surface area contributed by atoms with Gasteiger partial charge >= 0.3 is 0 Å². The summed E-state index contributed by atoms with van der Waals surface area (Å²) in [5, 5.41) is 8.86. The van der Waals surface area contributed by atoms with Gasteiger partial charge in [0, 0.05) is 10.6 Å². The molecule has 0 aliphatic heterocycles. The highest BCUT2D eigenvalue weighted by Gasteiger charge is 2.12. The van der Waals surface area contributed by atoms with Crippen molar-refractivity contribution in [3.8, 4) is 16.9 Å². The number of rotatable bonds is 2. The number of hydrogen-bond donors (Lipinski definition) is 1. The van der Waals surface area contributed by atoms with Gasteiger partial charge in [0.15, 0.2) is 5.82 Å². The minimum absolute atomic E-state index is 0.494. The Morgan fingerprint density at radius 2 is 1.79 bits per heavy atom. The second kappa shape index (κ2) is 4.74. The van der Waals surface area contributed by atoms with E-state index in [1.165, 1.54) is 0 Å². The van der Waals surface area contributed by atoms with Gasteiger partial charge in [0.1, 0.15) is 5.69 Å². The topological polar surface area (TPSA) is 56.7 Å². The lowest BCUT2D eigenvalue weighted by Crippen LogP contribution is -2.02. The van der Waals surface area contributed by atoms with E-state index in [2.05, 4.69) is 10.3 Å². The molecule has 1 aromatic heterocycles. The molecule has 94 valence electrons. The molecule has 3 aromatic rings. The number of benzene rings is 2. The van der Waals surface area contributed by atoms with Crippen LogP contribution in [0, 0.1) is 0 Å². The van der Waals surface area contributed by atoms with E-state index in [-0.39, 0.29) is 0 Å². The molecule has 0 aliphatic carbocycles. The van der Waals surface area contributed by atoms with Crippen LogP contribution in [0.4, 0.5) is 5.82 Å². The van der Waals surface area contributed by atoms with E-state index in [0.29, 0.717) is 16.5 Å². The third-order valence-corrected chi connectivity index (χ3v) is 3.04. The zero-order chi connectivity index (χ0) is 13.2. The normalized spacial score (nSPS) is 10.6. The third-order valence-electron chi connectivity index (χ3n) is 2.80. The standard InChI is InChI=1S/C14H11ClN4/c15-11-7-4-8-12(9-11)19-14(16)13(17-18-19)10-5-2-1-3-6-10/h1-9H,16H2. The number of nitrogens with two attached hydrogens (primary N) is 1. The second-order valence-corrected chi connectivity index (χ2v) is 4.52. The molecule has 0 unspecified atom stereocenters. The number of nitrogen functional groups attached to an aromatic ring is 1. The van der Waals surface area contributed by atoms with E-state index in [4.69, 9.17) is 17.3 Å². The molecule has 0 saturated heterocycles. The molecule has 2 N–H and O–H groups in total. The van der Waals surface area contributed by atoms with Gasteiger partial charge in [-0.15, -0.1) is 5.10 Å². The van der Waals surface area contributed by atoms with Crippen LogP contribution in [0.3, 0.4) is 0 Å². The van der Waals surface area contributed by atoms with Gasteiger partial charge in [0.05, 0.1) is 5.69 Å². The second-order valence-electron chi connectivity index (χ2n) is 4.08. The van der Waals surface area contributed by atoms with Crippen LogP contribution in [-0.4, -0.2) is 15.0 Å². The lowest BCUT2D eigenvalue weighted by Gasteiger charge is -2.03. The smallest absolute Gasteiger partial charge is 0.155 e. The Bertz CT molecular complexity index is 706. The molecule has 0 fully saturated rings. The summed E-state index contributed by atoms with van der Waals surface area (Å²) in [7, 11) is 0. The molecule has 1 heterocycles. The number of anilines is 1. The van der Waals surface area contributed by atoms with Crippen LogP contribution in [0.25, 0.3) is 16.9 Å². The maximum absolute atomic E-state index is 6.11. The van der Waals surface area contributed by atoms with Crippen LogP contribution in [0.15, 0.2) is 54.6 Å². The first-order valence-electron chi connectivity index (χ1n) is 5.78. The largest absolute Gasteiger partial charge is 0.382 e. The summed E-state index contributed by atoms with van der Waals surface area (Å²) in [6.07, 6.45) is 0. The maximum atomic E-state index is 6.11. The zero-order valence-corrected chi connectivity index (χ0v) is 10.7. The van der Waals surface area contributed by atoms with Crippen molar-refractivity contribution in [2.75, 3.05) is 5.73 Å². The first-order valence-corrected chi connectivity index (χ1v) is 6.16. The summed E-state index contributed by atoms with van der Waals surface area (Å²) in [6.45, 7) is 0. The average Bonchev–Trinajstić information content (AvgIpc) is 2.81. The highest BCUT2D eigenvalue weighted by molar-refractivity contribution is 6.30. The fourth-order valence-electron chi connectivity index (χ4n) is 1.89. The molecule has 0 bridgehead atoms. The number of halogens is 1. The Kier molecular flexibility index (Phi) is 2.93. The maximum Gasteiger partial charge on any atom is 0.155 e. The molecular formula is C14H11ClN4. The fourth-order valence-corrected chi connectivity index (χ4v) is 2.07. The number of hydrogen-bond acceptors (Lipinski definition) is 3. The summed E-state index contributed by atoms with van der Waals surface area (Å²) >= 11 is 5.97. The van der Waals surface area contributed by atoms with E-state index >= 15 is 0 Å². The Labute approximate surface area is 115 Å². The first kappa shape index (κ1) is 11.7. The summed E-state index contributed by atoms with van der Waals surface area (Å²) < 4.78 is 1.58. The van der Waals surface area contributed by atoms with Crippen LogP contribution in [0.1, 0.15) is 0 Å². The Balaban J connectivity index is 2.09. The fraction of sp³-hybridized carbons (Fsp3) is 0. The van der Waals surface area contributed by atoms with Gasteiger partial charge in [-0.1, -0.05) is 53.2 Å². The Morgan fingerprint density at radius 1 is 1.00 bits per heavy atom. The molecule has 5 heteroatoms. The Hall–Kier alpha value is -2.33. The van der Waals surface area contributed by atoms with Gasteiger partial charge in [0.2, 0.25) is 0 Å². The molecule has 0 amide bonds. The van der Waals surface area contributed by atoms with E-state index in [0.717, 1.165) is 11.3 Å². The van der Waals surface area contributed by atoms with Crippen molar-refractivity contribution in [3.05, 3.63) is 59.6 Å². The minimum atomic E-state index is 0.494. The van der Waals surface area contributed by atoms with Gasteiger partial charge < -0.3 is 5.73 Å². The molecule has 0 radical (unpaired) electrons. The molecule has 0 spiro atoms. The van der Waals surface area contributed by atoms with Crippen molar-refractivity contribution < 1.29 is 0 Å². The van der Waals surface area contributed by atoms with E-state index in [1.54, 1.807) is 16.8 Å².